The second kappa shape index (κ2) is 6.36. The van der Waals surface area contributed by atoms with Crippen LogP contribution in [-0.2, 0) is 6.54 Å². The van der Waals surface area contributed by atoms with Gasteiger partial charge in [0, 0.05) is 38.9 Å². The number of hydrogen-bond acceptors (Lipinski definition) is 5. The Kier molecular flexibility index (Phi) is 4.77. The van der Waals surface area contributed by atoms with Gasteiger partial charge in [-0.15, -0.1) is 0 Å². The van der Waals surface area contributed by atoms with Crippen molar-refractivity contribution in [3.05, 3.63) is 18.1 Å². The minimum atomic E-state index is -4.13. The first-order chi connectivity index (χ1) is 9.48. The Morgan fingerprint density at radius 3 is 2.50 bits per heavy atom. The largest absolute Gasteiger partial charge is 0.401 e. The standard InChI is InChI=1S/C12H18F3N5/c1-16-6-10-7-17-8-11(18-10)20-4-2-19(3-5-20)9-12(13,14)15/h7-8,16H,2-6,9H2,1H3. The predicted octanol–water partition coefficient (Wildman–Crippen LogP) is 0.880. The van der Waals surface area contributed by atoms with Crippen LogP contribution in [0.4, 0.5) is 19.0 Å². The van der Waals surface area contributed by atoms with Crippen molar-refractivity contribution in [3.8, 4) is 0 Å². The first-order valence-corrected chi connectivity index (χ1v) is 6.47. The fourth-order valence-electron chi connectivity index (χ4n) is 2.20. The lowest BCUT2D eigenvalue weighted by atomic mass is 10.3. The van der Waals surface area contributed by atoms with Gasteiger partial charge in [0.15, 0.2) is 0 Å². The van der Waals surface area contributed by atoms with Crippen LogP contribution in [-0.4, -0.2) is 60.8 Å². The van der Waals surface area contributed by atoms with E-state index in [1.807, 2.05) is 11.9 Å². The molecule has 5 nitrogen and oxygen atoms in total. The Labute approximate surface area is 115 Å². The van der Waals surface area contributed by atoms with Gasteiger partial charge in [-0.3, -0.25) is 9.88 Å². The van der Waals surface area contributed by atoms with Crippen LogP contribution >= 0.6 is 0 Å². The Bertz CT molecular complexity index is 429. The highest BCUT2D eigenvalue weighted by Crippen LogP contribution is 2.19. The first kappa shape index (κ1) is 15.0. The SMILES string of the molecule is CNCc1cncc(N2CCN(CC(F)(F)F)CC2)n1. The zero-order chi connectivity index (χ0) is 14.6. The van der Waals surface area contributed by atoms with E-state index >= 15 is 0 Å². The van der Waals surface area contributed by atoms with Crippen molar-refractivity contribution < 1.29 is 13.2 Å². The number of halogens is 3. The second-order valence-corrected chi connectivity index (χ2v) is 4.78. The van der Waals surface area contributed by atoms with Crippen molar-refractivity contribution in [3.63, 3.8) is 0 Å². The fraction of sp³-hybridized carbons (Fsp3) is 0.667. The Balaban J connectivity index is 1.92. The van der Waals surface area contributed by atoms with E-state index in [1.165, 1.54) is 4.90 Å². The molecule has 8 heteroatoms. The summed E-state index contributed by atoms with van der Waals surface area (Å²) < 4.78 is 36.9. The third-order valence-electron chi connectivity index (χ3n) is 3.13. The van der Waals surface area contributed by atoms with Crippen molar-refractivity contribution >= 4 is 5.82 Å². The molecule has 2 rings (SSSR count). The molecule has 1 saturated heterocycles. The van der Waals surface area contributed by atoms with Crippen molar-refractivity contribution in [1.29, 1.82) is 0 Å². The van der Waals surface area contributed by atoms with Gasteiger partial charge in [-0.05, 0) is 7.05 Å². The van der Waals surface area contributed by atoms with Gasteiger partial charge in [-0.2, -0.15) is 13.2 Å². The summed E-state index contributed by atoms with van der Waals surface area (Å²) in [5.74, 6) is 0.726. The van der Waals surface area contributed by atoms with Crippen LogP contribution in [0.5, 0.6) is 0 Å². The number of aromatic nitrogens is 2. The van der Waals surface area contributed by atoms with Crippen molar-refractivity contribution in [2.75, 3.05) is 44.7 Å². The lowest BCUT2D eigenvalue weighted by molar-refractivity contribution is -0.146. The summed E-state index contributed by atoms with van der Waals surface area (Å²) in [7, 11) is 1.82. The van der Waals surface area contributed by atoms with Crippen molar-refractivity contribution in [1.82, 2.24) is 20.2 Å². The van der Waals surface area contributed by atoms with Crippen molar-refractivity contribution in [2.24, 2.45) is 0 Å². The minimum Gasteiger partial charge on any atom is -0.353 e. The smallest absolute Gasteiger partial charge is 0.353 e. The maximum atomic E-state index is 12.3. The van der Waals surface area contributed by atoms with Gasteiger partial charge in [0.2, 0.25) is 0 Å². The summed E-state index contributed by atoms with van der Waals surface area (Å²) >= 11 is 0. The fourth-order valence-corrected chi connectivity index (χ4v) is 2.20. The third kappa shape index (κ3) is 4.31. The number of hydrogen-bond donors (Lipinski definition) is 1. The molecule has 1 aromatic heterocycles. The maximum absolute atomic E-state index is 12.3. The predicted molar refractivity (Wildman–Crippen MR) is 69.5 cm³/mol. The number of nitrogens with one attached hydrogen (secondary N) is 1. The summed E-state index contributed by atoms with van der Waals surface area (Å²) in [4.78, 5) is 12.0. The van der Waals surface area contributed by atoms with Crippen LogP contribution in [0, 0.1) is 0 Å². The van der Waals surface area contributed by atoms with E-state index in [1.54, 1.807) is 12.4 Å². The van der Waals surface area contributed by atoms with E-state index in [0.717, 1.165) is 11.5 Å². The van der Waals surface area contributed by atoms with Crippen molar-refractivity contribution in [2.45, 2.75) is 12.7 Å². The molecule has 0 spiro atoms. The number of anilines is 1. The molecule has 0 amide bonds. The molecule has 0 bridgehead atoms. The Morgan fingerprint density at radius 1 is 1.20 bits per heavy atom. The highest BCUT2D eigenvalue weighted by Gasteiger charge is 2.32. The molecule has 1 fully saturated rings. The molecule has 0 atom stereocenters. The number of alkyl halides is 3. The zero-order valence-corrected chi connectivity index (χ0v) is 11.3. The molecule has 1 N–H and O–H groups in total. The summed E-state index contributed by atoms with van der Waals surface area (Å²) in [6.07, 6.45) is -0.798. The summed E-state index contributed by atoms with van der Waals surface area (Å²) in [6.45, 7) is 1.62. The molecule has 0 unspecified atom stereocenters. The molecule has 2 heterocycles. The third-order valence-corrected chi connectivity index (χ3v) is 3.13. The van der Waals surface area contributed by atoms with Gasteiger partial charge in [0.25, 0.3) is 0 Å². The van der Waals surface area contributed by atoms with Crippen LogP contribution in [0.3, 0.4) is 0 Å². The summed E-state index contributed by atoms with van der Waals surface area (Å²) in [5, 5.41) is 2.99. The Hall–Kier alpha value is -1.41. The van der Waals surface area contributed by atoms with Crippen LogP contribution in [0.25, 0.3) is 0 Å². The average molecular weight is 289 g/mol. The molecule has 112 valence electrons. The van der Waals surface area contributed by atoms with Crippen LogP contribution in [0.15, 0.2) is 12.4 Å². The quantitative estimate of drug-likeness (QED) is 0.891. The number of piperazine rings is 1. The monoisotopic (exact) mass is 289 g/mol. The molecule has 1 aliphatic rings. The molecule has 0 aliphatic carbocycles. The molecule has 0 radical (unpaired) electrons. The van der Waals surface area contributed by atoms with Gasteiger partial charge in [-0.1, -0.05) is 0 Å². The van der Waals surface area contributed by atoms with Crippen LogP contribution in [0.1, 0.15) is 5.69 Å². The van der Waals surface area contributed by atoms with E-state index < -0.39 is 12.7 Å². The highest BCUT2D eigenvalue weighted by molar-refractivity contribution is 5.37. The molecule has 1 aliphatic heterocycles. The topological polar surface area (TPSA) is 44.3 Å². The van der Waals surface area contributed by atoms with Gasteiger partial charge < -0.3 is 10.2 Å². The molecular formula is C12H18F3N5. The number of rotatable bonds is 4. The van der Waals surface area contributed by atoms with Gasteiger partial charge in [0.1, 0.15) is 5.82 Å². The van der Waals surface area contributed by atoms with Gasteiger partial charge in [-0.25, -0.2) is 4.98 Å². The number of nitrogens with zero attached hydrogens (tertiary/aromatic N) is 4. The highest BCUT2D eigenvalue weighted by atomic mass is 19.4. The normalized spacial score (nSPS) is 17.5. The van der Waals surface area contributed by atoms with E-state index in [0.29, 0.717) is 32.7 Å². The molecular weight excluding hydrogens is 271 g/mol. The summed E-state index contributed by atoms with van der Waals surface area (Å²) in [5.41, 5.74) is 0.822. The van der Waals surface area contributed by atoms with Crippen LogP contribution in [0.2, 0.25) is 0 Å². The zero-order valence-electron chi connectivity index (χ0n) is 11.3. The average Bonchev–Trinajstić information content (AvgIpc) is 2.38. The van der Waals surface area contributed by atoms with Gasteiger partial charge in [0.05, 0.1) is 18.4 Å². The Morgan fingerprint density at radius 2 is 1.90 bits per heavy atom. The van der Waals surface area contributed by atoms with E-state index in [-0.39, 0.29) is 0 Å². The molecule has 20 heavy (non-hydrogen) atoms. The van der Waals surface area contributed by atoms with E-state index in [2.05, 4.69) is 15.3 Å². The second-order valence-electron chi connectivity index (χ2n) is 4.78. The first-order valence-electron chi connectivity index (χ1n) is 6.47. The van der Waals surface area contributed by atoms with E-state index in [9.17, 15) is 13.2 Å². The molecule has 0 aromatic carbocycles. The molecule has 1 aromatic rings. The maximum Gasteiger partial charge on any atom is 0.401 e. The van der Waals surface area contributed by atoms with E-state index in [4.69, 9.17) is 0 Å². The van der Waals surface area contributed by atoms with Crippen LogP contribution < -0.4 is 10.2 Å². The lowest BCUT2D eigenvalue weighted by Crippen LogP contribution is -2.49. The lowest BCUT2D eigenvalue weighted by Gasteiger charge is -2.35. The van der Waals surface area contributed by atoms with Gasteiger partial charge >= 0.3 is 6.18 Å². The minimum absolute atomic E-state index is 0.386. The summed E-state index contributed by atoms with van der Waals surface area (Å²) in [6, 6.07) is 0. The molecule has 0 saturated carbocycles.